The van der Waals surface area contributed by atoms with Crippen LogP contribution in [0.1, 0.15) is 0 Å². The average Bonchev–Trinajstić information content (AvgIpc) is 3.15. The molecule has 0 amide bonds. The van der Waals surface area contributed by atoms with Crippen LogP contribution >= 0.6 is 386 Å². The van der Waals surface area contributed by atoms with Crippen LogP contribution < -0.4 is 0 Å². The van der Waals surface area contributed by atoms with Crippen molar-refractivity contribution < 1.29 is 0 Å². The molecule has 0 saturated carbocycles. The summed E-state index contributed by atoms with van der Waals surface area (Å²) in [7, 11) is 85.5. The van der Waals surface area contributed by atoms with E-state index in [0.717, 1.165) is 0 Å². The quantitative estimate of drug-likeness (QED) is 0.0845. The molecule has 1 atom stereocenters. The molecular formula is CH5P51S. The summed E-state index contributed by atoms with van der Waals surface area (Å²) in [4.78, 5) is 0. The van der Waals surface area contributed by atoms with Gasteiger partial charge in [-0.2, -0.15) is 0 Å². The van der Waals surface area contributed by atoms with Crippen LogP contribution in [0.4, 0.5) is 0 Å². The SMILES string of the molecule is CS(#P)=PP=PP=PP=PP=PP=PP=PP=PP=PP=PP=PP=PP=PP=PP=PP=PP=PP=PP=PP=PP=PP=PP=PP=PP=PP. The molecule has 0 aliphatic rings. The minimum atomic E-state index is 0.284. The van der Waals surface area contributed by atoms with Gasteiger partial charge in [-0.15, -0.1) is 0 Å². The minimum absolute atomic E-state index is 0.284. The molecule has 0 heterocycles. The Bertz CT molecular complexity index is 1830. The Morgan fingerprint density at radius 3 is 0.453 bits per heavy atom. The van der Waals surface area contributed by atoms with Crippen molar-refractivity contribution in [1.82, 2.24) is 0 Å². The Morgan fingerprint density at radius 1 is 0.226 bits per heavy atom. The third-order valence-electron chi connectivity index (χ3n) is 2.05. The Balaban J connectivity index is 4.07. The first-order chi connectivity index (χ1) is 26.3. The van der Waals surface area contributed by atoms with Gasteiger partial charge in [-0.3, -0.25) is 0 Å². The first-order valence-electron chi connectivity index (χ1n) is 10.6. The summed E-state index contributed by atoms with van der Waals surface area (Å²) in [5, 5.41) is 0. The molecule has 0 spiro atoms. The molecule has 52 heteroatoms. The average molecular weight is 1630 g/mol. The van der Waals surface area contributed by atoms with E-state index in [-0.39, 0.29) is 9.05 Å². The summed E-state index contributed by atoms with van der Waals surface area (Å²) in [6.45, 7) is 0. The van der Waals surface area contributed by atoms with E-state index in [1.165, 1.54) is 29.7 Å². The Hall–Kier alpha value is 15.8. The van der Waals surface area contributed by atoms with Gasteiger partial charge in [0.2, 0.25) is 0 Å². The van der Waals surface area contributed by atoms with E-state index in [4.69, 9.17) is 0 Å². The minimum Gasteiger partial charge on any atom is -0.0774 e. The number of hydrogen-bond acceptors (Lipinski definition) is 0. The molecule has 53 heavy (non-hydrogen) atoms. The van der Waals surface area contributed by atoms with E-state index in [0.29, 0.717) is 0 Å². The summed E-state index contributed by atoms with van der Waals surface area (Å²) in [6, 6.07) is 0. The molecule has 0 aromatic carbocycles. The van der Waals surface area contributed by atoms with Crippen LogP contribution in [0.25, 0.3) is 0 Å². The summed E-state index contributed by atoms with van der Waals surface area (Å²) in [6.07, 6.45) is 2.20. The van der Waals surface area contributed by atoms with Crippen LogP contribution in [0.2, 0.25) is 0 Å². The molecular weight excluding hydrogens is 1620 g/mol. The van der Waals surface area contributed by atoms with Crippen molar-refractivity contribution in [1.29, 1.82) is 0 Å². The van der Waals surface area contributed by atoms with Gasteiger partial charge in [0.05, 0.1) is 0 Å². The maximum absolute atomic E-state index is 4.46. The van der Waals surface area contributed by atoms with Crippen LogP contribution in [0.5, 0.6) is 0 Å². The fourth-order valence-electron chi connectivity index (χ4n) is 0.897. The van der Waals surface area contributed by atoms with Crippen LogP contribution in [-0.4, -0.2) is 6.26 Å². The van der Waals surface area contributed by atoms with Crippen LogP contribution in [0.3, 0.4) is 0 Å². The second-order valence-electron chi connectivity index (χ2n) is 4.85. The van der Waals surface area contributed by atoms with Crippen LogP contribution in [0, 0.1) is 0 Å². The summed E-state index contributed by atoms with van der Waals surface area (Å²) < 4.78 is 0. The Kier molecular flexibility index (Phi) is 85.4. The van der Waals surface area contributed by atoms with Crippen molar-refractivity contribution in [2.45, 2.75) is 0 Å². The molecule has 0 saturated heterocycles. The molecule has 0 aliphatic heterocycles. The van der Waals surface area contributed by atoms with Crippen LogP contribution in [-0.2, 0) is 9.05 Å². The smallest absolute Gasteiger partial charge is 0.0774 e. The van der Waals surface area contributed by atoms with Crippen molar-refractivity contribution in [3.63, 3.8) is 0 Å². The molecule has 0 aromatic heterocycles. The molecule has 0 bridgehead atoms. The normalized spacial score (nSPS) is 15.6. The predicted molar refractivity (Wildman–Crippen MR) is 369 cm³/mol. The molecule has 0 N–H and O–H groups in total. The fourth-order valence-corrected chi connectivity index (χ4v) is 212. The first-order valence-corrected chi connectivity index (χ1v) is 93.2. The Labute approximate surface area is 395 Å². The molecule has 0 aliphatic carbocycles. The number of hydrogen-bond donors (Lipinski definition) is 0. The third kappa shape index (κ3) is 67.8. The van der Waals surface area contributed by atoms with Gasteiger partial charge in [0.1, 0.15) is 0 Å². The standard InChI is InChI=1S/CH5P51S/c1-53(3)52-51-50-49-48-47-46-45-44-43-42-41-40-39-38-37-36-35-34-33-32-31-30-29-28-27-26-25-24-23-22-21-20-19-18-17-16-15-14-13-12-11-10-9-8-7-6-5-4-2/h2H2,1H3. The molecule has 0 fully saturated rings. The molecule has 0 nitrogen and oxygen atoms in total. The molecule has 270 valence electrons. The van der Waals surface area contributed by atoms with E-state index in [9.17, 15) is 0 Å². The molecule has 1 unspecified atom stereocenters. The zero-order valence-corrected chi connectivity index (χ0v) is 71.0. The summed E-state index contributed by atoms with van der Waals surface area (Å²) in [5.74, 6) is 0. The van der Waals surface area contributed by atoms with Gasteiger partial charge in [0, 0.05) is 219 Å². The van der Waals surface area contributed by atoms with Crippen molar-refractivity contribution >= 4 is 396 Å². The monoisotopic (exact) mass is 1630 g/mol. The van der Waals surface area contributed by atoms with Gasteiger partial charge < -0.3 is 0 Å². The fraction of sp³-hybridized carbons (Fsp3) is 1.00. The summed E-state index contributed by atoms with van der Waals surface area (Å²) in [5.41, 5.74) is 0. The van der Waals surface area contributed by atoms with Gasteiger partial charge in [0.15, 0.2) is 0 Å². The zero-order valence-electron chi connectivity index (χ0n) is 24.3. The Morgan fingerprint density at radius 2 is 0.340 bits per heavy atom. The van der Waals surface area contributed by atoms with E-state index < -0.39 is 0 Å². The second-order valence-corrected chi connectivity index (χ2v) is 124. The van der Waals surface area contributed by atoms with E-state index in [1.807, 2.05) is 0 Å². The van der Waals surface area contributed by atoms with Crippen molar-refractivity contribution in [2.75, 3.05) is 6.26 Å². The van der Waals surface area contributed by atoms with Gasteiger partial charge in [-0.1, -0.05) is 8.93 Å². The van der Waals surface area contributed by atoms with Crippen molar-refractivity contribution in [2.24, 2.45) is 0 Å². The number of rotatable bonds is 24. The van der Waals surface area contributed by atoms with Crippen molar-refractivity contribution in [3.05, 3.63) is 0 Å². The van der Waals surface area contributed by atoms with Crippen molar-refractivity contribution in [3.8, 4) is 0 Å². The van der Waals surface area contributed by atoms with Gasteiger partial charge in [0.25, 0.3) is 0 Å². The van der Waals surface area contributed by atoms with E-state index in [1.54, 1.807) is 340 Å². The van der Waals surface area contributed by atoms with Crippen LogP contribution in [0.15, 0.2) is 0 Å². The topological polar surface area (TPSA) is 0 Å². The van der Waals surface area contributed by atoms with Gasteiger partial charge in [-0.25, -0.2) is 0 Å². The molecule has 0 aromatic rings. The zero-order chi connectivity index (χ0) is 38.2. The third-order valence-corrected chi connectivity index (χ3v) is 161. The molecule has 0 radical (unpaired) electrons. The first kappa shape index (κ1) is 68.8. The summed E-state index contributed by atoms with van der Waals surface area (Å²) >= 11 is 0. The second kappa shape index (κ2) is 65.8. The maximum atomic E-state index is 4.46. The van der Waals surface area contributed by atoms with E-state index >= 15 is 0 Å². The van der Waals surface area contributed by atoms with E-state index in [2.05, 4.69) is 23.0 Å². The predicted octanol–water partition coefficient (Wildman–Crippen LogP) is 43.5. The van der Waals surface area contributed by atoms with Gasteiger partial charge in [-0.05, 0) is 68.0 Å². The van der Waals surface area contributed by atoms with Gasteiger partial charge >= 0.3 is 106 Å². The molecule has 0 rings (SSSR count).